The molecule has 0 fully saturated rings. The van der Waals surface area contributed by atoms with Crippen molar-refractivity contribution in [2.45, 2.75) is 33.6 Å². The molecule has 1 aromatic carbocycles. The average Bonchev–Trinajstić information content (AvgIpc) is 2.54. The number of aromatic nitrogens is 2. The van der Waals surface area contributed by atoms with Crippen LogP contribution < -0.4 is 10.6 Å². The van der Waals surface area contributed by atoms with Crippen LogP contribution in [0.5, 0.6) is 0 Å². The summed E-state index contributed by atoms with van der Waals surface area (Å²) in [6.07, 6.45) is 3.23. The zero-order valence-corrected chi connectivity index (χ0v) is 13.3. The number of hydrogen-bond acceptors (Lipinski definition) is 4. The molecule has 1 aromatic heterocycles. The van der Waals surface area contributed by atoms with Gasteiger partial charge in [-0.25, -0.2) is 9.97 Å². The van der Waals surface area contributed by atoms with Crippen LogP contribution in [-0.2, 0) is 6.42 Å². The van der Waals surface area contributed by atoms with Gasteiger partial charge < -0.3 is 10.6 Å². The van der Waals surface area contributed by atoms with Crippen LogP contribution in [0, 0.1) is 6.92 Å². The minimum absolute atomic E-state index is 0.173. The summed E-state index contributed by atoms with van der Waals surface area (Å²) >= 11 is 0. The number of hydrogen-bond donors (Lipinski definition) is 2. The third kappa shape index (κ3) is 3.81. The Morgan fingerprint density at radius 2 is 2.05 bits per heavy atom. The molecule has 1 heterocycles. The Bertz CT molecular complexity index is 655. The molecular formula is C17H22N4O. The molecular weight excluding hydrogens is 276 g/mol. The summed E-state index contributed by atoms with van der Waals surface area (Å²) in [4.78, 5) is 20.2. The number of amides is 1. The molecule has 0 aliphatic rings. The van der Waals surface area contributed by atoms with E-state index in [1.165, 1.54) is 11.9 Å². The maximum absolute atomic E-state index is 12.0. The number of carbonyl (C=O) groups excluding carboxylic acids is 1. The molecule has 0 spiro atoms. The minimum Gasteiger partial charge on any atom is -0.351 e. The molecule has 116 valence electrons. The van der Waals surface area contributed by atoms with Gasteiger partial charge in [-0.2, -0.15) is 0 Å². The van der Waals surface area contributed by atoms with Gasteiger partial charge in [-0.05, 0) is 30.9 Å². The Labute approximate surface area is 131 Å². The maximum Gasteiger partial charge on any atom is 0.270 e. The van der Waals surface area contributed by atoms with E-state index in [9.17, 15) is 4.79 Å². The van der Waals surface area contributed by atoms with E-state index in [1.54, 1.807) is 6.07 Å². The van der Waals surface area contributed by atoms with Crippen molar-refractivity contribution in [3.05, 3.63) is 47.4 Å². The molecule has 2 N–H and O–H groups in total. The third-order valence-electron chi connectivity index (χ3n) is 3.43. The molecule has 1 amide bonds. The van der Waals surface area contributed by atoms with E-state index < -0.39 is 0 Å². The summed E-state index contributed by atoms with van der Waals surface area (Å²) < 4.78 is 0. The first-order valence-electron chi connectivity index (χ1n) is 7.61. The van der Waals surface area contributed by atoms with Gasteiger partial charge in [0.05, 0.1) is 0 Å². The van der Waals surface area contributed by atoms with Gasteiger partial charge in [0.1, 0.15) is 17.8 Å². The van der Waals surface area contributed by atoms with Gasteiger partial charge in [0.2, 0.25) is 0 Å². The van der Waals surface area contributed by atoms with Crippen molar-refractivity contribution in [3.8, 4) is 0 Å². The van der Waals surface area contributed by atoms with Crippen LogP contribution in [0.25, 0.3) is 0 Å². The highest BCUT2D eigenvalue weighted by atomic mass is 16.1. The quantitative estimate of drug-likeness (QED) is 0.859. The molecule has 2 aromatic rings. The van der Waals surface area contributed by atoms with Crippen LogP contribution in [0.2, 0.25) is 0 Å². The molecule has 0 saturated carbocycles. The van der Waals surface area contributed by atoms with E-state index in [2.05, 4.69) is 46.6 Å². The molecule has 22 heavy (non-hydrogen) atoms. The molecule has 2 rings (SSSR count). The molecule has 0 bridgehead atoms. The Hall–Kier alpha value is -2.43. The first kappa shape index (κ1) is 15.9. The van der Waals surface area contributed by atoms with Gasteiger partial charge >= 0.3 is 0 Å². The summed E-state index contributed by atoms with van der Waals surface area (Å²) in [7, 11) is 0. The second kappa shape index (κ2) is 7.54. The van der Waals surface area contributed by atoms with E-state index in [4.69, 9.17) is 0 Å². The van der Waals surface area contributed by atoms with Gasteiger partial charge in [0.15, 0.2) is 0 Å². The number of nitrogens with one attached hydrogen (secondary N) is 2. The molecule has 5 nitrogen and oxygen atoms in total. The Morgan fingerprint density at radius 3 is 2.77 bits per heavy atom. The van der Waals surface area contributed by atoms with Gasteiger partial charge in [0, 0.05) is 18.3 Å². The molecule has 0 aliphatic heterocycles. The van der Waals surface area contributed by atoms with Crippen LogP contribution in [0.3, 0.4) is 0 Å². The maximum atomic E-state index is 12.0. The first-order chi connectivity index (χ1) is 10.7. The van der Waals surface area contributed by atoms with Gasteiger partial charge in [-0.15, -0.1) is 0 Å². The van der Waals surface area contributed by atoms with Crippen molar-refractivity contribution < 1.29 is 4.79 Å². The number of anilines is 2. The minimum atomic E-state index is -0.173. The molecule has 0 radical (unpaired) electrons. The predicted octanol–water partition coefficient (Wildman–Crippen LogP) is 3.23. The van der Waals surface area contributed by atoms with Crippen molar-refractivity contribution in [1.82, 2.24) is 15.3 Å². The van der Waals surface area contributed by atoms with Crippen molar-refractivity contribution in [3.63, 3.8) is 0 Å². The van der Waals surface area contributed by atoms with Crippen LogP contribution >= 0.6 is 0 Å². The summed E-state index contributed by atoms with van der Waals surface area (Å²) in [6.45, 7) is 6.82. The largest absolute Gasteiger partial charge is 0.351 e. The van der Waals surface area contributed by atoms with E-state index >= 15 is 0 Å². The van der Waals surface area contributed by atoms with Crippen LogP contribution in [-0.4, -0.2) is 22.4 Å². The van der Waals surface area contributed by atoms with E-state index in [0.29, 0.717) is 18.1 Å². The number of aryl methyl sites for hydroxylation is 2. The summed E-state index contributed by atoms with van der Waals surface area (Å²) in [5, 5.41) is 6.13. The van der Waals surface area contributed by atoms with Crippen LogP contribution in [0.4, 0.5) is 11.5 Å². The third-order valence-corrected chi connectivity index (χ3v) is 3.43. The molecule has 0 unspecified atom stereocenters. The Morgan fingerprint density at radius 1 is 1.23 bits per heavy atom. The zero-order valence-electron chi connectivity index (χ0n) is 13.3. The van der Waals surface area contributed by atoms with Crippen molar-refractivity contribution in [2.24, 2.45) is 0 Å². The van der Waals surface area contributed by atoms with E-state index in [0.717, 1.165) is 24.1 Å². The normalized spacial score (nSPS) is 10.3. The summed E-state index contributed by atoms with van der Waals surface area (Å²) in [6, 6.07) is 7.86. The lowest BCUT2D eigenvalue weighted by atomic mass is 10.1. The lowest BCUT2D eigenvalue weighted by Gasteiger charge is -2.13. The second-order valence-electron chi connectivity index (χ2n) is 5.13. The van der Waals surface area contributed by atoms with Gasteiger partial charge in [-0.1, -0.05) is 32.0 Å². The number of benzene rings is 1. The standard InChI is InChI=1S/C17H22N4O/c1-4-9-18-17(22)14-10-15(20-11-19-14)21-16-12(3)7-6-8-13(16)5-2/h6-8,10-11H,4-5,9H2,1-3H3,(H,18,22)(H,19,20,21). The molecule has 0 saturated heterocycles. The van der Waals surface area contributed by atoms with Crippen LogP contribution in [0.15, 0.2) is 30.6 Å². The highest BCUT2D eigenvalue weighted by Gasteiger charge is 2.10. The first-order valence-corrected chi connectivity index (χ1v) is 7.61. The Balaban J connectivity index is 2.22. The average molecular weight is 298 g/mol. The Kier molecular flexibility index (Phi) is 5.47. The predicted molar refractivity (Wildman–Crippen MR) is 88.5 cm³/mol. The topological polar surface area (TPSA) is 66.9 Å². The number of nitrogens with zero attached hydrogens (tertiary/aromatic N) is 2. The zero-order chi connectivity index (χ0) is 15.9. The highest BCUT2D eigenvalue weighted by molar-refractivity contribution is 5.93. The lowest BCUT2D eigenvalue weighted by molar-refractivity contribution is 0.0948. The van der Waals surface area contributed by atoms with Gasteiger partial charge in [-0.3, -0.25) is 4.79 Å². The fourth-order valence-corrected chi connectivity index (χ4v) is 2.21. The number of carbonyl (C=O) groups is 1. The molecule has 0 aliphatic carbocycles. The van der Waals surface area contributed by atoms with E-state index in [-0.39, 0.29) is 5.91 Å². The fraction of sp³-hybridized carbons (Fsp3) is 0.353. The van der Waals surface area contributed by atoms with E-state index in [1.807, 2.05) is 13.0 Å². The number of rotatable bonds is 6. The van der Waals surface area contributed by atoms with Crippen LogP contribution in [0.1, 0.15) is 41.9 Å². The highest BCUT2D eigenvalue weighted by Crippen LogP contribution is 2.24. The summed E-state index contributed by atoms with van der Waals surface area (Å²) in [5.74, 6) is 0.452. The van der Waals surface area contributed by atoms with Gasteiger partial charge in [0.25, 0.3) is 5.91 Å². The summed E-state index contributed by atoms with van der Waals surface area (Å²) in [5.41, 5.74) is 3.78. The van der Waals surface area contributed by atoms with Crippen molar-refractivity contribution >= 4 is 17.4 Å². The smallest absolute Gasteiger partial charge is 0.270 e. The number of para-hydroxylation sites is 1. The lowest BCUT2D eigenvalue weighted by Crippen LogP contribution is -2.25. The van der Waals surface area contributed by atoms with Crippen molar-refractivity contribution in [1.29, 1.82) is 0 Å². The van der Waals surface area contributed by atoms with Crippen molar-refractivity contribution in [2.75, 3.05) is 11.9 Å². The molecule has 5 heteroatoms. The second-order valence-corrected chi connectivity index (χ2v) is 5.13. The fourth-order valence-electron chi connectivity index (χ4n) is 2.21. The SMILES string of the molecule is CCCNC(=O)c1cc(Nc2c(C)cccc2CC)ncn1. The molecule has 0 atom stereocenters. The monoisotopic (exact) mass is 298 g/mol.